The zero-order valence-corrected chi connectivity index (χ0v) is 7.51. The molecule has 0 heterocycles. The van der Waals surface area contributed by atoms with Crippen LogP contribution < -0.4 is 5.73 Å². The Morgan fingerprint density at radius 2 is 1.80 bits per heavy atom. The first kappa shape index (κ1) is 11.5. The average molecular weight is 219 g/mol. The molecule has 6 heteroatoms. The van der Waals surface area contributed by atoms with Crippen LogP contribution in [0.4, 0.5) is 13.2 Å². The van der Waals surface area contributed by atoms with Crippen LogP contribution in [0.1, 0.15) is 5.56 Å². The van der Waals surface area contributed by atoms with Gasteiger partial charge in [0.15, 0.2) is 17.5 Å². The number of hydrogen-bond donors (Lipinski definition) is 2. The first-order valence-electron chi connectivity index (χ1n) is 4.03. The fourth-order valence-corrected chi connectivity index (χ4v) is 1.07. The van der Waals surface area contributed by atoms with Gasteiger partial charge >= 0.3 is 5.97 Å². The maximum atomic E-state index is 12.7. The van der Waals surface area contributed by atoms with Gasteiger partial charge in [0.25, 0.3) is 0 Å². The Balaban J connectivity index is 2.92. The van der Waals surface area contributed by atoms with Crippen LogP contribution in [0.15, 0.2) is 12.1 Å². The van der Waals surface area contributed by atoms with Crippen molar-refractivity contribution in [2.45, 2.75) is 12.5 Å². The Hall–Kier alpha value is -1.56. The molecule has 0 aliphatic heterocycles. The fraction of sp³-hybridized carbons (Fsp3) is 0.222. The van der Waals surface area contributed by atoms with E-state index in [0.717, 1.165) is 12.1 Å². The molecule has 0 radical (unpaired) electrons. The summed E-state index contributed by atoms with van der Waals surface area (Å²) in [6, 6.07) is 0.178. The molecule has 82 valence electrons. The highest BCUT2D eigenvalue weighted by Gasteiger charge is 2.16. The second kappa shape index (κ2) is 4.31. The Kier molecular flexibility index (Phi) is 3.31. The molecular weight excluding hydrogens is 211 g/mol. The summed E-state index contributed by atoms with van der Waals surface area (Å²) in [5.74, 6) is -5.59. The first-order chi connectivity index (χ1) is 6.91. The summed E-state index contributed by atoms with van der Waals surface area (Å²) < 4.78 is 37.9. The first-order valence-corrected chi connectivity index (χ1v) is 4.03. The molecule has 0 bridgehead atoms. The van der Waals surface area contributed by atoms with Crippen LogP contribution in [0.25, 0.3) is 0 Å². The molecule has 3 nitrogen and oxygen atoms in total. The van der Waals surface area contributed by atoms with Gasteiger partial charge in [-0.3, -0.25) is 4.79 Å². The van der Waals surface area contributed by atoms with Crippen LogP contribution in [0.2, 0.25) is 0 Å². The van der Waals surface area contributed by atoms with Crippen molar-refractivity contribution >= 4 is 5.97 Å². The van der Waals surface area contributed by atoms with E-state index in [1.165, 1.54) is 0 Å². The Labute approximate surface area is 83.3 Å². The van der Waals surface area contributed by atoms with Gasteiger partial charge in [-0.2, -0.15) is 0 Å². The number of carbonyl (C=O) groups is 1. The van der Waals surface area contributed by atoms with Crippen LogP contribution in [0.3, 0.4) is 0 Å². The maximum absolute atomic E-state index is 12.7. The lowest BCUT2D eigenvalue weighted by atomic mass is 10.1. The lowest BCUT2D eigenvalue weighted by Gasteiger charge is -2.06. The molecule has 0 saturated carbocycles. The van der Waals surface area contributed by atoms with Crippen molar-refractivity contribution in [2.24, 2.45) is 5.73 Å². The summed E-state index contributed by atoms with van der Waals surface area (Å²) in [7, 11) is 0. The van der Waals surface area contributed by atoms with Gasteiger partial charge in [0, 0.05) is 0 Å². The standard InChI is InChI=1S/C9H8F3NO2/c10-5-1-4(2-6(11)8(5)12)3-7(13)9(14)15/h1-2,7H,3,13H2,(H,14,15). The van der Waals surface area contributed by atoms with Crippen LogP contribution in [-0.4, -0.2) is 17.1 Å². The van der Waals surface area contributed by atoms with Gasteiger partial charge in [-0.05, 0) is 24.1 Å². The van der Waals surface area contributed by atoms with Gasteiger partial charge < -0.3 is 10.8 Å². The molecule has 1 atom stereocenters. The molecule has 3 N–H and O–H groups in total. The lowest BCUT2D eigenvalue weighted by molar-refractivity contribution is -0.138. The summed E-state index contributed by atoms with van der Waals surface area (Å²) in [5, 5.41) is 8.45. The zero-order valence-electron chi connectivity index (χ0n) is 7.51. The number of carboxylic acids is 1. The van der Waals surface area contributed by atoms with Crippen LogP contribution in [0, 0.1) is 17.5 Å². The minimum absolute atomic E-state index is 0.00120. The molecule has 0 spiro atoms. The minimum atomic E-state index is -1.58. The van der Waals surface area contributed by atoms with Crippen LogP contribution in [-0.2, 0) is 11.2 Å². The quantitative estimate of drug-likeness (QED) is 0.747. The van der Waals surface area contributed by atoms with E-state index in [0.29, 0.717) is 0 Å². The highest BCUT2D eigenvalue weighted by Crippen LogP contribution is 2.14. The van der Waals surface area contributed by atoms with Gasteiger partial charge in [0.2, 0.25) is 0 Å². The number of carboxylic acid groups (broad SMARTS) is 1. The van der Waals surface area contributed by atoms with Crippen molar-refractivity contribution in [3.63, 3.8) is 0 Å². The van der Waals surface area contributed by atoms with Gasteiger partial charge in [0.1, 0.15) is 6.04 Å². The Bertz CT molecular complexity index is 372. The SMILES string of the molecule is NC(Cc1cc(F)c(F)c(F)c1)C(=O)O. The van der Waals surface area contributed by atoms with E-state index in [1.54, 1.807) is 0 Å². The van der Waals surface area contributed by atoms with Crippen molar-refractivity contribution in [2.75, 3.05) is 0 Å². The lowest BCUT2D eigenvalue weighted by Crippen LogP contribution is -2.32. The van der Waals surface area contributed by atoms with E-state index in [9.17, 15) is 18.0 Å². The Morgan fingerprint density at radius 3 is 2.20 bits per heavy atom. The number of rotatable bonds is 3. The van der Waals surface area contributed by atoms with Crippen molar-refractivity contribution < 1.29 is 23.1 Å². The Morgan fingerprint density at radius 1 is 1.33 bits per heavy atom. The van der Waals surface area contributed by atoms with Gasteiger partial charge in [-0.15, -0.1) is 0 Å². The van der Waals surface area contributed by atoms with E-state index in [4.69, 9.17) is 10.8 Å². The summed E-state index contributed by atoms with van der Waals surface area (Å²) in [6.45, 7) is 0. The van der Waals surface area contributed by atoms with Crippen LogP contribution in [0.5, 0.6) is 0 Å². The van der Waals surface area contributed by atoms with Gasteiger partial charge in [-0.25, -0.2) is 13.2 Å². The molecular formula is C9H8F3NO2. The fourth-order valence-electron chi connectivity index (χ4n) is 1.07. The van der Waals surface area contributed by atoms with Crippen molar-refractivity contribution in [1.82, 2.24) is 0 Å². The molecule has 1 aromatic rings. The largest absolute Gasteiger partial charge is 0.480 e. The third kappa shape index (κ3) is 2.69. The molecule has 1 rings (SSSR count). The molecule has 1 unspecified atom stereocenters. The third-order valence-corrected chi connectivity index (χ3v) is 1.82. The normalized spacial score (nSPS) is 12.5. The molecule has 0 fully saturated rings. The second-order valence-electron chi connectivity index (χ2n) is 3.02. The van der Waals surface area contributed by atoms with Crippen LogP contribution >= 0.6 is 0 Å². The van der Waals surface area contributed by atoms with Crippen molar-refractivity contribution in [3.05, 3.63) is 35.1 Å². The molecule has 0 saturated heterocycles. The number of benzene rings is 1. The highest BCUT2D eigenvalue weighted by atomic mass is 19.2. The maximum Gasteiger partial charge on any atom is 0.320 e. The van der Waals surface area contributed by atoms with E-state index >= 15 is 0 Å². The number of nitrogens with two attached hydrogens (primary N) is 1. The summed E-state index contributed by atoms with van der Waals surface area (Å²) in [6.07, 6.45) is -0.260. The summed E-state index contributed by atoms with van der Waals surface area (Å²) in [5.41, 5.74) is 5.15. The molecule has 0 aromatic heterocycles. The molecule has 0 aliphatic carbocycles. The summed E-state index contributed by atoms with van der Waals surface area (Å²) >= 11 is 0. The second-order valence-corrected chi connectivity index (χ2v) is 3.02. The van der Waals surface area contributed by atoms with E-state index in [1.807, 2.05) is 0 Å². The predicted octanol–water partition coefficient (Wildman–Crippen LogP) is 1.06. The summed E-state index contributed by atoms with van der Waals surface area (Å²) in [4.78, 5) is 10.4. The van der Waals surface area contributed by atoms with Crippen molar-refractivity contribution in [3.8, 4) is 0 Å². The smallest absolute Gasteiger partial charge is 0.320 e. The third-order valence-electron chi connectivity index (χ3n) is 1.82. The monoisotopic (exact) mass is 219 g/mol. The van der Waals surface area contributed by atoms with E-state index < -0.39 is 29.5 Å². The number of hydrogen-bond acceptors (Lipinski definition) is 2. The van der Waals surface area contributed by atoms with E-state index in [-0.39, 0.29) is 12.0 Å². The minimum Gasteiger partial charge on any atom is -0.480 e. The highest BCUT2D eigenvalue weighted by molar-refractivity contribution is 5.73. The van der Waals surface area contributed by atoms with Gasteiger partial charge in [0.05, 0.1) is 0 Å². The molecule has 0 amide bonds. The van der Waals surface area contributed by atoms with E-state index in [2.05, 4.69) is 0 Å². The topological polar surface area (TPSA) is 63.3 Å². The number of halogens is 3. The molecule has 0 aliphatic rings. The number of aliphatic carboxylic acids is 1. The van der Waals surface area contributed by atoms with Crippen molar-refractivity contribution in [1.29, 1.82) is 0 Å². The van der Waals surface area contributed by atoms with Gasteiger partial charge in [-0.1, -0.05) is 0 Å². The molecule has 1 aromatic carbocycles. The average Bonchev–Trinajstić information content (AvgIpc) is 2.13. The zero-order chi connectivity index (χ0) is 11.6. The predicted molar refractivity (Wildman–Crippen MR) is 45.6 cm³/mol. The molecule has 15 heavy (non-hydrogen) atoms.